The number of rotatable bonds is 6. The zero-order chi connectivity index (χ0) is 14.5. The van der Waals surface area contributed by atoms with Gasteiger partial charge >= 0.3 is 5.97 Å². The molecule has 2 N–H and O–H groups in total. The van der Waals surface area contributed by atoms with Crippen LogP contribution in [-0.4, -0.2) is 23.5 Å². The standard InChI is InChI=1S/C14H18FNO3/c1-14(2,13(18)19)9-12(17)16-8-7-10-5-3-4-6-11(10)15/h3-6H,7-9H2,1-2H3,(H,16,17)(H,18,19). The van der Waals surface area contributed by atoms with Gasteiger partial charge in [0.05, 0.1) is 5.41 Å². The van der Waals surface area contributed by atoms with Crippen LogP contribution in [0.1, 0.15) is 25.8 Å². The van der Waals surface area contributed by atoms with Crippen LogP contribution in [0.5, 0.6) is 0 Å². The largest absolute Gasteiger partial charge is 0.481 e. The van der Waals surface area contributed by atoms with Crippen LogP contribution in [0.2, 0.25) is 0 Å². The molecule has 0 aliphatic heterocycles. The summed E-state index contributed by atoms with van der Waals surface area (Å²) in [5.74, 6) is -1.66. The normalized spacial score (nSPS) is 11.1. The minimum Gasteiger partial charge on any atom is -0.481 e. The van der Waals surface area contributed by atoms with Crippen molar-refractivity contribution < 1.29 is 19.1 Å². The van der Waals surface area contributed by atoms with Crippen molar-refractivity contribution >= 4 is 11.9 Å². The van der Waals surface area contributed by atoms with Gasteiger partial charge in [-0.25, -0.2) is 4.39 Å². The number of carbonyl (C=O) groups excluding carboxylic acids is 1. The molecule has 1 rings (SSSR count). The first-order chi connectivity index (χ1) is 8.83. The second-order valence-corrected chi connectivity index (χ2v) is 5.06. The summed E-state index contributed by atoms with van der Waals surface area (Å²) in [4.78, 5) is 22.4. The van der Waals surface area contributed by atoms with Crippen LogP contribution in [0, 0.1) is 11.2 Å². The van der Waals surface area contributed by atoms with Gasteiger partial charge in [-0.2, -0.15) is 0 Å². The van der Waals surface area contributed by atoms with E-state index in [1.165, 1.54) is 19.9 Å². The average molecular weight is 267 g/mol. The molecule has 5 heteroatoms. The van der Waals surface area contributed by atoms with Gasteiger partial charge < -0.3 is 10.4 Å². The molecule has 19 heavy (non-hydrogen) atoms. The van der Waals surface area contributed by atoms with Gasteiger partial charge in [-0.05, 0) is 31.9 Å². The molecule has 0 heterocycles. The number of carboxylic acids is 1. The van der Waals surface area contributed by atoms with E-state index in [0.717, 1.165) is 0 Å². The quantitative estimate of drug-likeness (QED) is 0.828. The molecule has 4 nitrogen and oxygen atoms in total. The van der Waals surface area contributed by atoms with Crippen LogP contribution in [0.4, 0.5) is 4.39 Å². The van der Waals surface area contributed by atoms with Crippen molar-refractivity contribution in [3.05, 3.63) is 35.6 Å². The number of carboxylic acid groups (broad SMARTS) is 1. The fourth-order valence-corrected chi connectivity index (χ4v) is 1.58. The number of hydrogen-bond acceptors (Lipinski definition) is 2. The lowest BCUT2D eigenvalue weighted by Gasteiger charge is -2.18. The summed E-state index contributed by atoms with van der Waals surface area (Å²) < 4.78 is 13.3. The minimum atomic E-state index is -1.10. The molecule has 104 valence electrons. The predicted molar refractivity (Wildman–Crippen MR) is 69.1 cm³/mol. The van der Waals surface area contributed by atoms with Gasteiger partial charge in [-0.3, -0.25) is 9.59 Å². The van der Waals surface area contributed by atoms with E-state index in [9.17, 15) is 14.0 Å². The highest BCUT2D eigenvalue weighted by atomic mass is 19.1. The second-order valence-electron chi connectivity index (χ2n) is 5.06. The van der Waals surface area contributed by atoms with Crippen LogP contribution in [0.3, 0.4) is 0 Å². The van der Waals surface area contributed by atoms with Gasteiger partial charge in [0.1, 0.15) is 5.82 Å². The first kappa shape index (κ1) is 15.1. The van der Waals surface area contributed by atoms with Crippen molar-refractivity contribution in [2.45, 2.75) is 26.7 Å². The van der Waals surface area contributed by atoms with Crippen molar-refractivity contribution in [3.63, 3.8) is 0 Å². The maximum Gasteiger partial charge on any atom is 0.309 e. The molecule has 1 aromatic carbocycles. The molecule has 0 fully saturated rings. The summed E-state index contributed by atoms with van der Waals surface area (Å²) in [5.41, 5.74) is -0.567. The molecule has 1 aromatic rings. The smallest absolute Gasteiger partial charge is 0.309 e. The fourth-order valence-electron chi connectivity index (χ4n) is 1.58. The number of halogens is 1. The highest BCUT2D eigenvalue weighted by Crippen LogP contribution is 2.19. The highest BCUT2D eigenvalue weighted by Gasteiger charge is 2.29. The maximum absolute atomic E-state index is 13.3. The summed E-state index contributed by atoms with van der Waals surface area (Å²) in [7, 11) is 0. The Hall–Kier alpha value is -1.91. The molecule has 0 saturated carbocycles. The second kappa shape index (κ2) is 6.31. The lowest BCUT2D eigenvalue weighted by molar-refractivity contribution is -0.149. The van der Waals surface area contributed by atoms with Gasteiger partial charge in [0.15, 0.2) is 0 Å². The first-order valence-electron chi connectivity index (χ1n) is 6.06. The number of hydrogen-bond donors (Lipinski definition) is 2. The number of aliphatic carboxylic acids is 1. The Morgan fingerprint density at radius 2 is 1.95 bits per heavy atom. The van der Waals surface area contributed by atoms with Crippen LogP contribution < -0.4 is 5.32 Å². The van der Waals surface area contributed by atoms with Crippen molar-refractivity contribution in [1.29, 1.82) is 0 Å². The number of amides is 1. The average Bonchev–Trinajstić information content (AvgIpc) is 2.30. The molecule has 1 amide bonds. The Balaban J connectivity index is 2.40. The molecule has 0 aliphatic carbocycles. The lowest BCUT2D eigenvalue weighted by atomic mass is 9.89. The summed E-state index contributed by atoms with van der Waals surface area (Å²) in [6, 6.07) is 6.36. The lowest BCUT2D eigenvalue weighted by Crippen LogP contribution is -2.34. The van der Waals surface area contributed by atoms with Gasteiger partial charge in [-0.1, -0.05) is 18.2 Å². The molecule has 0 aliphatic rings. The van der Waals surface area contributed by atoms with Crippen molar-refractivity contribution in [2.75, 3.05) is 6.54 Å². The van der Waals surface area contributed by atoms with Crippen LogP contribution in [0.15, 0.2) is 24.3 Å². The third-order valence-electron chi connectivity index (χ3n) is 2.86. The zero-order valence-corrected chi connectivity index (χ0v) is 11.1. The molecule has 0 spiro atoms. The predicted octanol–water partition coefficient (Wildman–Crippen LogP) is 1.99. The van der Waals surface area contributed by atoms with E-state index >= 15 is 0 Å². The molecular formula is C14H18FNO3. The van der Waals surface area contributed by atoms with Gasteiger partial charge in [0, 0.05) is 13.0 Å². The van der Waals surface area contributed by atoms with Crippen LogP contribution in [-0.2, 0) is 16.0 Å². The van der Waals surface area contributed by atoms with Gasteiger partial charge in [0.25, 0.3) is 0 Å². The fraction of sp³-hybridized carbons (Fsp3) is 0.429. The van der Waals surface area contributed by atoms with Gasteiger partial charge in [-0.15, -0.1) is 0 Å². The van der Waals surface area contributed by atoms with Crippen LogP contribution in [0.25, 0.3) is 0 Å². The number of benzene rings is 1. The Kier molecular flexibility index (Phi) is 5.03. The van der Waals surface area contributed by atoms with Crippen molar-refractivity contribution in [2.24, 2.45) is 5.41 Å². The van der Waals surface area contributed by atoms with E-state index in [1.54, 1.807) is 18.2 Å². The highest BCUT2D eigenvalue weighted by molar-refractivity contribution is 5.84. The van der Waals surface area contributed by atoms with Gasteiger partial charge in [0.2, 0.25) is 5.91 Å². The maximum atomic E-state index is 13.3. The number of nitrogens with one attached hydrogen (secondary N) is 1. The van der Waals surface area contributed by atoms with Crippen molar-refractivity contribution in [3.8, 4) is 0 Å². The van der Waals surface area contributed by atoms with E-state index in [-0.39, 0.29) is 24.7 Å². The Bertz CT molecular complexity index is 472. The molecule has 0 atom stereocenters. The topological polar surface area (TPSA) is 66.4 Å². The SMILES string of the molecule is CC(C)(CC(=O)NCCc1ccccc1F)C(=O)O. The molecule has 0 radical (unpaired) electrons. The van der Waals surface area contributed by atoms with E-state index < -0.39 is 11.4 Å². The molecular weight excluding hydrogens is 249 g/mol. The van der Waals surface area contributed by atoms with E-state index in [2.05, 4.69) is 5.32 Å². The number of carbonyl (C=O) groups is 2. The molecule has 0 aromatic heterocycles. The monoisotopic (exact) mass is 267 g/mol. The Morgan fingerprint density at radius 1 is 1.32 bits per heavy atom. The minimum absolute atomic E-state index is 0.0976. The van der Waals surface area contributed by atoms with E-state index in [0.29, 0.717) is 12.0 Å². The van der Waals surface area contributed by atoms with E-state index in [1.807, 2.05) is 0 Å². The zero-order valence-electron chi connectivity index (χ0n) is 11.1. The summed E-state index contributed by atoms with van der Waals surface area (Å²) in [6.07, 6.45) is 0.283. The first-order valence-corrected chi connectivity index (χ1v) is 6.06. The Morgan fingerprint density at radius 3 is 2.53 bits per heavy atom. The Labute approximate surface area is 111 Å². The molecule has 0 unspecified atom stereocenters. The molecule has 0 saturated heterocycles. The third-order valence-corrected chi connectivity index (χ3v) is 2.86. The molecule has 0 bridgehead atoms. The third kappa shape index (κ3) is 4.69. The van der Waals surface area contributed by atoms with Crippen LogP contribution >= 0.6 is 0 Å². The van der Waals surface area contributed by atoms with Crippen molar-refractivity contribution in [1.82, 2.24) is 5.32 Å². The summed E-state index contributed by atoms with van der Waals surface area (Å²) in [5, 5.41) is 11.5. The summed E-state index contributed by atoms with van der Waals surface area (Å²) >= 11 is 0. The summed E-state index contributed by atoms with van der Waals surface area (Å²) in [6.45, 7) is 3.27. The van der Waals surface area contributed by atoms with E-state index in [4.69, 9.17) is 5.11 Å².